The van der Waals surface area contributed by atoms with Gasteiger partial charge in [-0.05, 0) is 25.2 Å². The second kappa shape index (κ2) is 15.8. The third kappa shape index (κ3) is 11.1. The van der Waals surface area contributed by atoms with Gasteiger partial charge in [0.2, 0.25) is 17.7 Å². The Morgan fingerprint density at radius 1 is 0.900 bits per heavy atom. The molecular formula is C24H39N11O5. The first kappa shape index (κ1) is 31.7. The minimum atomic E-state index is -1.19. The van der Waals surface area contributed by atoms with Crippen molar-refractivity contribution in [3.05, 3.63) is 36.4 Å². The van der Waals surface area contributed by atoms with Crippen molar-refractivity contribution in [2.45, 2.75) is 70.1 Å². The molecule has 2 rings (SSSR count). The highest BCUT2D eigenvalue weighted by atomic mass is 16.4. The van der Waals surface area contributed by atoms with Crippen LogP contribution < -0.4 is 33.2 Å². The summed E-state index contributed by atoms with van der Waals surface area (Å²) in [5, 5.41) is 17.4. The zero-order valence-corrected chi connectivity index (χ0v) is 22.6. The van der Waals surface area contributed by atoms with Crippen LogP contribution in [0.4, 0.5) is 0 Å². The number of carboxylic acid groups (broad SMARTS) is 1. The monoisotopic (exact) mass is 561 g/mol. The van der Waals surface area contributed by atoms with Gasteiger partial charge < -0.3 is 48.2 Å². The second-order valence-corrected chi connectivity index (χ2v) is 9.77. The fourth-order valence-corrected chi connectivity index (χ4v) is 3.84. The molecule has 0 radical (unpaired) electrons. The zero-order chi connectivity index (χ0) is 29.7. The molecule has 0 saturated carbocycles. The average Bonchev–Trinajstić information content (AvgIpc) is 3.58. The number of nitrogens with one attached hydrogen (secondary N) is 5. The molecule has 2 heterocycles. The smallest absolute Gasteiger partial charge is 0.326 e. The maximum absolute atomic E-state index is 13.4. The van der Waals surface area contributed by atoms with Gasteiger partial charge in [0.1, 0.15) is 18.1 Å². The van der Waals surface area contributed by atoms with Crippen LogP contribution in [0.1, 0.15) is 44.5 Å². The summed E-state index contributed by atoms with van der Waals surface area (Å²) >= 11 is 0. The molecule has 16 nitrogen and oxygen atoms in total. The first-order chi connectivity index (χ1) is 19.0. The molecular weight excluding hydrogens is 522 g/mol. The fourth-order valence-electron chi connectivity index (χ4n) is 3.84. The second-order valence-electron chi connectivity index (χ2n) is 9.77. The summed E-state index contributed by atoms with van der Waals surface area (Å²) in [5.74, 6) is -3.26. The quantitative estimate of drug-likeness (QED) is 0.0575. The van der Waals surface area contributed by atoms with Gasteiger partial charge in [0.15, 0.2) is 5.96 Å². The minimum Gasteiger partial charge on any atom is -0.480 e. The number of carbonyl (C=O) groups is 4. The van der Waals surface area contributed by atoms with Gasteiger partial charge in [-0.1, -0.05) is 13.8 Å². The number of nitrogens with two attached hydrogens (primary N) is 3. The van der Waals surface area contributed by atoms with E-state index in [0.717, 1.165) is 0 Å². The summed E-state index contributed by atoms with van der Waals surface area (Å²) in [7, 11) is 0. The van der Waals surface area contributed by atoms with E-state index in [1.54, 1.807) is 0 Å². The third-order valence-corrected chi connectivity index (χ3v) is 5.84. The lowest BCUT2D eigenvalue weighted by atomic mass is 10.0. The van der Waals surface area contributed by atoms with E-state index in [0.29, 0.717) is 17.8 Å². The molecule has 0 spiro atoms. The molecule has 0 saturated heterocycles. The number of carbonyl (C=O) groups excluding carboxylic acids is 3. The normalized spacial score (nSPS) is 14.0. The number of nitrogens with zero attached hydrogens (tertiary/aromatic N) is 3. The van der Waals surface area contributed by atoms with Crippen LogP contribution >= 0.6 is 0 Å². The van der Waals surface area contributed by atoms with E-state index in [4.69, 9.17) is 17.2 Å². The standard InChI is InChI=1S/C24H39N11O5/c1-13(2)6-19(23(39)40)35-22(38)18(8-15-10-29-12-32-15)34-21(37)17(4-3-5-30-24(26)27)33-20(36)16(25)7-14-9-28-11-31-14/h9-13,16-19H,3-8,25H2,1-2H3,(H,28,31)(H,29,32)(H,33,36)(H,34,37)(H,35,38)(H,39,40)(H4,26,27,30). The van der Waals surface area contributed by atoms with E-state index in [2.05, 4.69) is 40.9 Å². The maximum Gasteiger partial charge on any atom is 0.326 e. The molecule has 0 aliphatic rings. The van der Waals surface area contributed by atoms with Crippen LogP contribution in [0, 0.1) is 5.92 Å². The molecule has 0 aliphatic carbocycles. The van der Waals surface area contributed by atoms with Crippen molar-refractivity contribution in [3.8, 4) is 0 Å². The van der Waals surface area contributed by atoms with Gasteiger partial charge in [-0.2, -0.15) is 0 Å². The summed E-state index contributed by atoms with van der Waals surface area (Å²) < 4.78 is 0. The topological polar surface area (TPSA) is 272 Å². The van der Waals surface area contributed by atoms with E-state index in [1.807, 2.05) is 13.8 Å². The van der Waals surface area contributed by atoms with Crippen molar-refractivity contribution < 1.29 is 24.3 Å². The Morgan fingerprint density at radius 2 is 1.45 bits per heavy atom. The Balaban J connectivity index is 2.19. The first-order valence-corrected chi connectivity index (χ1v) is 12.9. The summed E-state index contributed by atoms with van der Waals surface area (Å²) in [5.41, 5.74) is 17.9. The molecule has 2 aromatic heterocycles. The number of amides is 3. The van der Waals surface area contributed by atoms with Gasteiger partial charge in [-0.3, -0.25) is 19.4 Å². The van der Waals surface area contributed by atoms with Crippen molar-refractivity contribution in [1.29, 1.82) is 0 Å². The number of rotatable bonds is 17. The summed E-state index contributed by atoms with van der Waals surface area (Å²) in [4.78, 5) is 68.6. The van der Waals surface area contributed by atoms with Crippen LogP contribution in [0.3, 0.4) is 0 Å². The van der Waals surface area contributed by atoms with Gasteiger partial charge in [0, 0.05) is 43.2 Å². The number of aromatic amines is 2. The minimum absolute atomic E-state index is 0.000401. The maximum atomic E-state index is 13.4. The highest BCUT2D eigenvalue weighted by Gasteiger charge is 2.31. The van der Waals surface area contributed by atoms with E-state index in [-0.39, 0.29) is 44.1 Å². The van der Waals surface area contributed by atoms with Crippen LogP contribution in [0.5, 0.6) is 0 Å². The molecule has 4 unspecified atom stereocenters. The highest BCUT2D eigenvalue weighted by molar-refractivity contribution is 5.94. The van der Waals surface area contributed by atoms with Crippen LogP contribution in [-0.4, -0.2) is 85.4 Å². The number of hydrogen-bond donors (Lipinski definition) is 9. The van der Waals surface area contributed by atoms with Gasteiger partial charge >= 0.3 is 5.97 Å². The number of aromatic nitrogens is 4. The van der Waals surface area contributed by atoms with E-state index in [9.17, 15) is 24.3 Å². The Bertz CT molecular complexity index is 1110. The van der Waals surface area contributed by atoms with Gasteiger partial charge in [-0.15, -0.1) is 0 Å². The van der Waals surface area contributed by atoms with Gasteiger partial charge in [-0.25, -0.2) is 14.8 Å². The van der Waals surface area contributed by atoms with Crippen LogP contribution in [0.25, 0.3) is 0 Å². The average molecular weight is 562 g/mol. The Labute approximate surface area is 231 Å². The molecule has 220 valence electrons. The van der Waals surface area contributed by atoms with Crippen molar-refractivity contribution in [1.82, 2.24) is 35.9 Å². The molecule has 4 atom stereocenters. The van der Waals surface area contributed by atoms with E-state index < -0.39 is 47.9 Å². The van der Waals surface area contributed by atoms with E-state index in [1.165, 1.54) is 25.0 Å². The summed E-state index contributed by atoms with van der Waals surface area (Å²) in [6.45, 7) is 3.87. The lowest BCUT2D eigenvalue weighted by molar-refractivity contribution is -0.142. The fraction of sp³-hybridized carbons (Fsp3) is 0.542. The van der Waals surface area contributed by atoms with Crippen molar-refractivity contribution in [2.24, 2.45) is 28.1 Å². The third-order valence-electron chi connectivity index (χ3n) is 5.84. The number of imidazole rings is 2. The van der Waals surface area contributed by atoms with Crippen molar-refractivity contribution in [2.75, 3.05) is 6.54 Å². The number of hydrogen-bond acceptors (Lipinski definition) is 8. The number of aliphatic imine (C=N–C) groups is 1. The van der Waals surface area contributed by atoms with E-state index >= 15 is 0 Å². The predicted octanol–water partition coefficient (Wildman–Crippen LogP) is -2.12. The predicted molar refractivity (Wildman–Crippen MR) is 145 cm³/mol. The molecule has 16 heteroatoms. The summed E-state index contributed by atoms with van der Waals surface area (Å²) in [6, 6.07) is -4.38. The van der Waals surface area contributed by atoms with Gasteiger partial charge in [0.05, 0.1) is 18.7 Å². The lowest BCUT2D eigenvalue weighted by Crippen LogP contribution is -2.58. The van der Waals surface area contributed by atoms with Crippen molar-refractivity contribution >= 4 is 29.7 Å². The summed E-state index contributed by atoms with van der Waals surface area (Å²) in [6.07, 6.45) is 6.72. The molecule has 40 heavy (non-hydrogen) atoms. The Kier molecular flexibility index (Phi) is 12.6. The molecule has 12 N–H and O–H groups in total. The highest BCUT2D eigenvalue weighted by Crippen LogP contribution is 2.08. The molecule has 0 aromatic carbocycles. The number of H-pyrrole nitrogens is 2. The molecule has 0 fully saturated rings. The van der Waals surface area contributed by atoms with Crippen LogP contribution in [0.15, 0.2) is 30.0 Å². The zero-order valence-electron chi connectivity index (χ0n) is 22.6. The Hall–Kier alpha value is -4.47. The first-order valence-electron chi connectivity index (χ1n) is 12.9. The molecule has 3 amide bonds. The van der Waals surface area contributed by atoms with Gasteiger partial charge in [0.25, 0.3) is 0 Å². The number of guanidine groups is 1. The molecule has 0 aliphatic heterocycles. The number of carboxylic acids is 1. The Morgan fingerprint density at radius 3 is 1.98 bits per heavy atom. The van der Waals surface area contributed by atoms with Crippen molar-refractivity contribution in [3.63, 3.8) is 0 Å². The number of aliphatic carboxylic acids is 1. The SMILES string of the molecule is CC(C)CC(NC(=O)C(Cc1cnc[nH]1)NC(=O)C(CCCN=C(N)N)NC(=O)C(N)Cc1cnc[nH]1)C(=O)O. The molecule has 2 aromatic rings. The lowest BCUT2D eigenvalue weighted by Gasteiger charge is -2.25. The van der Waals surface area contributed by atoms with Crippen LogP contribution in [-0.2, 0) is 32.0 Å². The molecule has 0 bridgehead atoms. The largest absolute Gasteiger partial charge is 0.480 e. The van der Waals surface area contributed by atoms with Crippen LogP contribution in [0.2, 0.25) is 0 Å².